The molecule has 0 saturated heterocycles. The average Bonchev–Trinajstić information content (AvgIpc) is 3.29. The van der Waals surface area contributed by atoms with Gasteiger partial charge in [-0.3, -0.25) is 4.98 Å². The van der Waals surface area contributed by atoms with Crippen molar-refractivity contribution in [1.29, 1.82) is 0 Å². The van der Waals surface area contributed by atoms with E-state index in [1.54, 1.807) is 0 Å². The summed E-state index contributed by atoms with van der Waals surface area (Å²) in [6.45, 7) is 10.4. The number of fused-ring (bicyclic) bond motifs is 4. The second kappa shape index (κ2) is 8.97. The van der Waals surface area contributed by atoms with Crippen molar-refractivity contribution in [3.05, 3.63) is 101 Å². The molecule has 0 amide bonds. The quantitative estimate of drug-likeness (QED) is 0.270. The smallest absolute Gasteiger partial charge is 0.337 e. The van der Waals surface area contributed by atoms with E-state index in [1.165, 1.54) is 64.6 Å². The third kappa shape index (κ3) is 4.07. The van der Waals surface area contributed by atoms with E-state index in [0.717, 1.165) is 24.9 Å². The van der Waals surface area contributed by atoms with Crippen LogP contribution in [0.5, 0.6) is 0 Å². The maximum Gasteiger partial charge on any atom is 0.337 e. The zero-order valence-corrected chi connectivity index (χ0v) is 23.1. The molecular weight excluding hydrogens is 468 g/mol. The van der Waals surface area contributed by atoms with Gasteiger partial charge in [0.1, 0.15) is 0 Å². The molecule has 2 heterocycles. The molecule has 4 heteroatoms. The topological polar surface area (TPSA) is 44.1 Å². The Bertz CT molecular complexity index is 1530. The van der Waals surface area contributed by atoms with Crippen molar-refractivity contribution in [2.24, 2.45) is 0 Å². The Morgan fingerprint density at radius 2 is 1.66 bits per heavy atom. The van der Waals surface area contributed by atoms with Crippen LogP contribution in [0.25, 0.3) is 22.4 Å². The van der Waals surface area contributed by atoms with Crippen LogP contribution in [0.4, 0.5) is 0 Å². The fourth-order valence-electron chi connectivity index (χ4n) is 6.48. The number of ether oxygens (including phenoxy) is 1. The molecule has 0 atom stereocenters. The lowest BCUT2D eigenvalue weighted by molar-refractivity contribution is 0.0600. The van der Waals surface area contributed by atoms with Crippen LogP contribution in [0, 0.1) is 0 Å². The summed E-state index contributed by atoms with van der Waals surface area (Å²) in [6, 6.07) is 17.0. The van der Waals surface area contributed by atoms with Gasteiger partial charge in [0.2, 0.25) is 0 Å². The predicted octanol–water partition coefficient (Wildman–Crippen LogP) is 7.50. The molecule has 6 rings (SSSR count). The number of nitrogens with zero attached hydrogens (tertiary/aromatic N) is 2. The van der Waals surface area contributed by atoms with Gasteiger partial charge in [0.05, 0.1) is 18.4 Å². The van der Waals surface area contributed by atoms with Gasteiger partial charge in [0.25, 0.3) is 0 Å². The van der Waals surface area contributed by atoms with E-state index in [9.17, 15) is 4.79 Å². The number of aryl methyl sites for hydroxylation is 1. The lowest BCUT2D eigenvalue weighted by Crippen LogP contribution is -2.34. The summed E-state index contributed by atoms with van der Waals surface area (Å²) in [5.74, 6) is -0.308. The third-order valence-corrected chi connectivity index (χ3v) is 8.85. The van der Waals surface area contributed by atoms with Crippen molar-refractivity contribution in [2.75, 3.05) is 7.11 Å². The largest absolute Gasteiger partial charge is 0.465 e. The summed E-state index contributed by atoms with van der Waals surface area (Å²) in [7, 11) is 1.42. The first-order chi connectivity index (χ1) is 18.2. The first kappa shape index (κ1) is 24.7. The van der Waals surface area contributed by atoms with Gasteiger partial charge in [-0.05, 0) is 94.2 Å². The van der Waals surface area contributed by atoms with Crippen LogP contribution in [0.1, 0.15) is 78.7 Å². The number of rotatable bonds is 4. The monoisotopic (exact) mass is 504 g/mol. The lowest BCUT2D eigenvalue weighted by Gasteiger charge is -2.43. The number of aromatic nitrogens is 2. The fraction of sp³-hybridized carbons (Fsp3) is 0.353. The summed E-state index contributed by atoms with van der Waals surface area (Å²) in [6.07, 6.45) is 10.5. The summed E-state index contributed by atoms with van der Waals surface area (Å²) in [4.78, 5) is 16.4. The standard InChI is InChI=1S/C34H36N2O2/c1-33(2)14-15-34(3,4)30-18-27-25(17-29(30)33)12-13-26-28(23-8-10-24(11-9-23)32(37)38-5)21-36(31(26)27)20-22-7-6-16-35-19-22/h6-11,16-19,21H,12-15,20H2,1-5H3. The average molecular weight is 505 g/mol. The van der Waals surface area contributed by atoms with Crippen molar-refractivity contribution < 1.29 is 9.53 Å². The van der Waals surface area contributed by atoms with Crippen molar-refractivity contribution in [1.82, 2.24) is 9.55 Å². The van der Waals surface area contributed by atoms with Gasteiger partial charge >= 0.3 is 5.97 Å². The SMILES string of the molecule is COC(=O)c1ccc(-c2cn(Cc3cccnc3)c3c2CCc2cc4c(cc2-3)C(C)(C)CCC4(C)C)cc1. The van der Waals surface area contributed by atoms with Gasteiger partial charge in [0, 0.05) is 36.3 Å². The molecule has 0 unspecified atom stereocenters. The molecule has 0 N–H and O–H groups in total. The molecule has 2 aromatic heterocycles. The number of carbonyl (C=O) groups excluding carboxylic acids is 1. The molecule has 0 fully saturated rings. The molecule has 194 valence electrons. The second-order valence-electron chi connectivity index (χ2n) is 12.3. The Morgan fingerprint density at radius 3 is 2.32 bits per heavy atom. The summed E-state index contributed by atoms with van der Waals surface area (Å²) < 4.78 is 7.33. The van der Waals surface area contributed by atoms with Crippen LogP contribution in [0.2, 0.25) is 0 Å². The van der Waals surface area contributed by atoms with Crippen LogP contribution < -0.4 is 0 Å². The summed E-state index contributed by atoms with van der Waals surface area (Å²) in [5.41, 5.74) is 13.0. The van der Waals surface area contributed by atoms with E-state index in [4.69, 9.17) is 4.74 Å². The highest BCUT2D eigenvalue weighted by molar-refractivity contribution is 5.90. The predicted molar refractivity (Wildman–Crippen MR) is 153 cm³/mol. The first-order valence-corrected chi connectivity index (χ1v) is 13.7. The van der Waals surface area contributed by atoms with Crippen molar-refractivity contribution >= 4 is 5.97 Å². The Kier molecular flexibility index (Phi) is 5.82. The number of benzene rings is 2. The highest BCUT2D eigenvalue weighted by atomic mass is 16.5. The maximum atomic E-state index is 12.0. The van der Waals surface area contributed by atoms with Crippen molar-refractivity contribution in [2.45, 2.75) is 70.8 Å². The van der Waals surface area contributed by atoms with Crippen LogP contribution in [0.3, 0.4) is 0 Å². The van der Waals surface area contributed by atoms with Gasteiger partial charge < -0.3 is 9.30 Å². The van der Waals surface area contributed by atoms with E-state index in [1.807, 2.05) is 42.7 Å². The van der Waals surface area contributed by atoms with E-state index in [-0.39, 0.29) is 16.8 Å². The molecule has 4 aromatic rings. The number of pyridine rings is 1. The number of carbonyl (C=O) groups is 1. The normalized spacial score (nSPS) is 16.8. The molecule has 2 aromatic carbocycles. The third-order valence-electron chi connectivity index (χ3n) is 8.85. The molecule has 4 nitrogen and oxygen atoms in total. The van der Waals surface area contributed by atoms with Crippen molar-refractivity contribution in [3.63, 3.8) is 0 Å². The summed E-state index contributed by atoms with van der Waals surface area (Å²) in [5, 5.41) is 0. The molecule has 2 aliphatic rings. The van der Waals surface area contributed by atoms with Crippen molar-refractivity contribution in [3.8, 4) is 22.4 Å². The Labute approximate surface area is 225 Å². The molecule has 0 saturated carbocycles. The second-order valence-corrected chi connectivity index (χ2v) is 12.3. The highest BCUT2D eigenvalue weighted by Crippen LogP contribution is 2.50. The minimum absolute atomic E-state index is 0.158. The van der Waals surface area contributed by atoms with Crippen LogP contribution in [-0.4, -0.2) is 22.6 Å². The maximum absolute atomic E-state index is 12.0. The number of esters is 1. The molecule has 2 aliphatic carbocycles. The Hall–Kier alpha value is -3.66. The number of hydrogen-bond acceptors (Lipinski definition) is 3. The van der Waals surface area contributed by atoms with Gasteiger partial charge in [-0.25, -0.2) is 4.79 Å². The van der Waals surface area contributed by atoms with Gasteiger partial charge in [-0.15, -0.1) is 0 Å². The Balaban J connectivity index is 1.54. The molecule has 38 heavy (non-hydrogen) atoms. The molecule has 0 bridgehead atoms. The van der Waals surface area contributed by atoms with E-state index in [0.29, 0.717) is 5.56 Å². The number of hydrogen-bond donors (Lipinski definition) is 0. The fourth-order valence-corrected chi connectivity index (χ4v) is 6.48. The molecular formula is C34H36N2O2. The minimum Gasteiger partial charge on any atom is -0.465 e. The lowest BCUT2D eigenvalue weighted by atomic mass is 9.62. The van der Waals surface area contributed by atoms with E-state index in [2.05, 4.69) is 61.6 Å². The van der Waals surface area contributed by atoms with Crippen LogP contribution in [0.15, 0.2) is 67.1 Å². The van der Waals surface area contributed by atoms with Gasteiger partial charge in [0.15, 0.2) is 0 Å². The molecule has 0 aliphatic heterocycles. The Morgan fingerprint density at radius 1 is 0.947 bits per heavy atom. The number of methoxy groups -OCH3 is 1. The van der Waals surface area contributed by atoms with E-state index < -0.39 is 0 Å². The van der Waals surface area contributed by atoms with Gasteiger partial charge in [-0.2, -0.15) is 0 Å². The van der Waals surface area contributed by atoms with E-state index >= 15 is 0 Å². The highest BCUT2D eigenvalue weighted by Gasteiger charge is 2.38. The van der Waals surface area contributed by atoms with Crippen LogP contribution >= 0.6 is 0 Å². The first-order valence-electron chi connectivity index (χ1n) is 13.7. The zero-order chi connectivity index (χ0) is 26.7. The molecule has 0 radical (unpaired) electrons. The summed E-state index contributed by atoms with van der Waals surface area (Å²) >= 11 is 0. The minimum atomic E-state index is -0.308. The zero-order valence-electron chi connectivity index (χ0n) is 23.1. The van der Waals surface area contributed by atoms with Gasteiger partial charge in [-0.1, -0.05) is 52.0 Å². The van der Waals surface area contributed by atoms with Crippen LogP contribution in [-0.2, 0) is 35.0 Å². The molecule has 0 spiro atoms.